The van der Waals surface area contributed by atoms with E-state index in [9.17, 15) is 0 Å². The van der Waals surface area contributed by atoms with E-state index in [-0.39, 0.29) is 24.0 Å². The third-order valence-corrected chi connectivity index (χ3v) is 5.90. The molecule has 2 heterocycles. The van der Waals surface area contributed by atoms with Gasteiger partial charge in [0.05, 0.1) is 13.2 Å². The highest BCUT2D eigenvalue weighted by atomic mass is 127. The van der Waals surface area contributed by atoms with Gasteiger partial charge in [-0.25, -0.2) is 9.98 Å². The van der Waals surface area contributed by atoms with Crippen LogP contribution in [0.5, 0.6) is 5.88 Å². The molecule has 4 rings (SSSR count). The molecule has 1 aliphatic heterocycles. The lowest BCUT2D eigenvalue weighted by Crippen LogP contribution is -2.48. The van der Waals surface area contributed by atoms with Crippen molar-refractivity contribution in [1.82, 2.24) is 20.5 Å². The molecule has 7 heteroatoms. The molecular formula is C25H36IN5O. The van der Waals surface area contributed by atoms with Gasteiger partial charge >= 0.3 is 0 Å². The van der Waals surface area contributed by atoms with E-state index < -0.39 is 0 Å². The normalized spacial score (nSPS) is 17.5. The maximum absolute atomic E-state index is 5.72. The summed E-state index contributed by atoms with van der Waals surface area (Å²) in [6.45, 7) is 7.62. The minimum Gasteiger partial charge on any atom is -0.477 e. The second kappa shape index (κ2) is 13.0. The number of likely N-dealkylation sites (tertiary alicyclic amines) is 1. The molecule has 1 saturated carbocycles. The molecule has 1 aliphatic carbocycles. The van der Waals surface area contributed by atoms with Crippen molar-refractivity contribution in [3.63, 3.8) is 0 Å². The first kappa shape index (κ1) is 24.8. The number of guanidine groups is 1. The fourth-order valence-electron chi connectivity index (χ4n) is 3.84. The smallest absolute Gasteiger partial charge is 0.213 e. The first-order valence-electron chi connectivity index (χ1n) is 11.7. The lowest BCUT2D eigenvalue weighted by molar-refractivity contribution is 0.198. The SMILES string of the molecule is CCNC(=NCc1ccc(OCC2CC2)nc1)NC1CCN(Cc2ccccc2)CC1.I. The second-order valence-corrected chi connectivity index (χ2v) is 8.63. The topological polar surface area (TPSA) is 61.8 Å². The van der Waals surface area contributed by atoms with Crippen LogP contribution < -0.4 is 15.4 Å². The molecule has 1 aromatic heterocycles. The largest absolute Gasteiger partial charge is 0.477 e. The van der Waals surface area contributed by atoms with Crippen LogP contribution in [-0.4, -0.2) is 48.1 Å². The molecule has 0 bridgehead atoms. The molecule has 174 valence electrons. The zero-order chi connectivity index (χ0) is 21.3. The number of pyridine rings is 1. The number of rotatable bonds is 9. The molecule has 1 saturated heterocycles. The number of aliphatic imine (C=N–C) groups is 1. The summed E-state index contributed by atoms with van der Waals surface area (Å²) in [6, 6.07) is 15.2. The van der Waals surface area contributed by atoms with Crippen LogP contribution in [0, 0.1) is 5.92 Å². The number of piperidine rings is 1. The van der Waals surface area contributed by atoms with E-state index in [0.717, 1.165) is 63.1 Å². The molecule has 2 aromatic rings. The molecule has 0 amide bonds. The van der Waals surface area contributed by atoms with Crippen molar-refractivity contribution in [3.8, 4) is 5.88 Å². The number of nitrogens with zero attached hydrogens (tertiary/aromatic N) is 3. The van der Waals surface area contributed by atoms with Gasteiger partial charge in [0.15, 0.2) is 5.96 Å². The van der Waals surface area contributed by atoms with Crippen LogP contribution in [0.3, 0.4) is 0 Å². The highest BCUT2D eigenvalue weighted by Crippen LogP contribution is 2.29. The molecule has 2 N–H and O–H groups in total. The number of halogens is 1. The van der Waals surface area contributed by atoms with Gasteiger partial charge in [0.25, 0.3) is 0 Å². The highest BCUT2D eigenvalue weighted by Gasteiger charge is 2.22. The standard InChI is InChI=1S/C25H35N5O.HI/c1-2-26-25(28-17-22-10-11-24(27-16-22)31-19-21-8-9-21)29-23-12-14-30(15-13-23)18-20-6-4-3-5-7-20;/h3-7,10-11,16,21,23H,2,8-9,12-15,17-19H2,1H3,(H2,26,28,29);1H. The van der Waals surface area contributed by atoms with Gasteiger partial charge in [0.2, 0.25) is 5.88 Å². The van der Waals surface area contributed by atoms with Crippen LogP contribution in [0.4, 0.5) is 0 Å². The summed E-state index contributed by atoms with van der Waals surface area (Å²) in [5.74, 6) is 2.34. The zero-order valence-corrected chi connectivity index (χ0v) is 21.3. The van der Waals surface area contributed by atoms with Crippen LogP contribution in [-0.2, 0) is 13.1 Å². The predicted molar refractivity (Wildman–Crippen MR) is 141 cm³/mol. The van der Waals surface area contributed by atoms with E-state index in [0.29, 0.717) is 18.5 Å². The van der Waals surface area contributed by atoms with E-state index in [1.807, 2.05) is 12.3 Å². The minimum absolute atomic E-state index is 0. The Bertz CT molecular complexity index is 818. The predicted octanol–water partition coefficient (Wildman–Crippen LogP) is 4.21. The highest BCUT2D eigenvalue weighted by molar-refractivity contribution is 14.0. The maximum atomic E-state index is 5.72. The van der Waals surface area contributed by atoms with Crippen molar-refractivity contribution >= 4 is 29.9 Å². The Labute approximate surface area is 209 Å². The van der Waals surface area contributed by atoms with Gasteiger partial charge in [-0.15, -0.1) is 24.0 Å². The average Bonchev–Trinajstić information content (AvgIpc) is 3.64. The second-order valence-electron chi connectivity index (χ2n) is 8.63. The van der Waals surface area contributed by atoms with Crippen molar-refractivity contribution in [1.29, 1.82) is 0 Å². The van der Waals surface area contributed by atoms with Gasteiger partial charge in [-0.2, -0.15) is 0 Å². The summed E-state index contributed by atoms with van der Waals surface area (Å²) in [5.41, 5.74) is 2.48. The summed E-state index contributed by atoms with van der Waals surface area (Å²) in [6.07, 6.45) is 6.72. The third-order valence-electron chi connectivity index (χ3n) is 5.90. The number of aromatic nitrogens is 1. The molecule has 6 nitrogen and oxygen atoms in total. The number of ether oxygens (including phenoxy) is 1. The first-order chi connectivity index (χ1) is 15.3. The van der Waals surface area contributed by atoms with E-state index in [2.05, 4.69) is 63.8 Å². The van der Waals surface area contributed by atoms with Crippen molar-refractivity contribution in [2.75, 3.05) is 26.2 Å². The molecule has 0 spiro atoms. The lowest BCUT2D eigenvalue weighted by Gasteiger charge is -2.33. The molecular weight excluding hydrogens is 513 g/mol. The Morgan fingerprint density at radius 1 is 1.06 bits per heavy atom. The minimum atomic E-state index is 0. The van der Waals surface area contributed by atoms with Crippen LogP contribution in [0.1, 0.15) is 43.7 Å². The Balaban J connectivity index is 0.00000289. The summed E-state index contributed by atoms with van der Waals surface area (Å²) < 4.78 is 5.72. The Morgan fingerprint density at radius 2 is 1.84 bits per heavy atom. The molecule has 32 heavy (non-hydrogen) atoms. The number of hydrogen-bond donors (Lipinski definition) is 2. The summed E-state index contributed by atoms with van der Waals surface area (Å²) in [4.78, 5) is 11.7. The average molecular weight is 550 g/mol. The van der Waals surface area contributed by atoms with Crippen LogP contribution in [0.2, 0.25) is 0 Å². The van der Waals surface area contributed by atoms with E-state index in [1.165, 1.54) is 18.4 Å². The van der Waals surface area contributed by atoms with Crippen LogP contribution >= 0.6 is 24.0 Å². The number of nitrogens with one attached hydrogen (secondary N) is 2. The number of benzene rings is 1. The van der Waals surface area contributed by atoms with Gasteiger partial charge in [-0.1, -0.05) is 36.4 Å². The molecule has 1 aromatic carbocycles. The van der Waals surface area contributed by atoms with Crippen LogP contribution in [0.15, 0.2) is 53.7 Å². The monoisotopic (exact) mass is 549 g/mol. The van der Waals surface area contributed by atoms with Crippen molar-refractivity contribution in [2.24, 2.45) is 10.9 Å². The maximum Gasteiger partial charge on any atom is 0.213 e. The fraction of sp³-hybridized carbons (Fsp3) is 0.520. The van der Waals surface area contributed by atoms with Gasteiger partial charge in [0, 0.05) is 44.5 Å². The quantitative estimate of drug-likeness (QED) is 0.279. The van der Waals surface area contributed by atoms with E-state index in [1.54, 1.807) is 0 Å². The van der Waals surface area contributed by atoms with Crippen molar-refractivity contribution in [3.05, 3.63) is 59.8 Å². The number of hydrogen-bond acceptors (Lipinski definition) is 4. The van der Waals surface area contributed by atoms with E-state index >= 15 is 0 Å². The van der Waals surface area contributed by atoms with Crippen molar-refractivity contribution < 1.29 is 4.74 Å². The van der Waals surface area contributed by atoms with Crippen LogP contribution in [0.25, 0.3) is 0 Å². The summed E-state index contributed by atoms with van der Waals surface area (Å²) in [5, 5.41) is 7.01. The molecule has 2 fully saturated rings. The Kier molecular flexibility index (Phi) is 10.1. The zero-order valence-electron chi connectivity index (χ0n) is 19.0. The molecule has 2 aliphatic rings. The van der Waals surface area contributed by atoms with Gasteiger partial charge in [-0.05, 0) is 49.7 Å². The van der Waals surface area contributed by atoms with Gasteiger partial charge in [-0.3, -0.25) is 4.90 Å². The van der Waals surface area contributed by atoms with E-state index in [4.69, 9.17) is 9.73 Å². The Hall–Kier alpha value is -1.87. The summed E-state index contributed by atoms with van der Waals surface area (Å²) in [7, 11) is 0. The fourth-order valence-corrected chi connectivity index (χ4v) is 3.84. The molecule has 0 unspecified atom stereocenters. The van der Waals surface area contributed by atoms with Crippen molar-refractivity contribution in [2.45, 2.75) is 51.7 Å². The third kappa shape index (κ3) is 8.24. The molecule has 0 radical (unpaired) electrons. The van der Waals surface area contributed by atoms with Gasteiger partial charge < -0.3 is 15.4 Å². The summed E-state index contributed by atoms with van der Waals surface area (Å²) >= 11 is 0. The first-order valence-corrected chi connectivity index (χ1v) is 11.7. The lowest BCUT2D eigenvalue weighted by atomic mass is 10.0. The van der Waals surface area contributed by atoms with Gasteiger partial charge in [0.1, 0.15) is 0 Å². The Morgan fingerprint density at radius 3 is 2.50 bits per heavy atom. The molecule has 0 atom stereocenters.